The zero-order valence-corrected chi connectivity index (χ0v) is 10.3. The lowest BCUT2D eigenvalue weighted by atomic mass is 10.2. The minimum atomic E-state index is -4.51. The van der Waals surface area contributed by atoms with E-state index in [1.165, 1.54) is 0 Å². The van der Waals surface area contributed by atoms with Crippen LogP contribution in [0.15, 0.2) is 4.52 Å². The molecule has 2 aromatic rings. The van der Waals surface area contributed by atoms with E-state index in [0.717, 1.165) is 5.56 Å². The van der Waals surface area contributed by atoms with E-state index in [2.05, 4.69) is 19.8 Å². The molecule has 0 saturated carbocycles. The number of hydrogen-bond acceptors (Lipinski definition) is 6. The summed E-state index contributed by atoms with van der Waals surface area (Å²) in [6.45, 7) is 3.79. The number of halogens is 3. The van der Waals surface area contributed by atoms with Crippen LogP contribution in [0.2, 0.25) is 0 Å². The third-order valence-electron chi connectivity index (χ3n) is 2.28. The minimum absolute atomic E-state index is 0.113. The maximum atomic E-state index is 12.3. The van der Waals surface area contributed by atoms with Gasteiger partial charge in [-0.2, -0.15) is 22.5 Å². The number of anilines is 1. The average molecular weight is 278 g/mol. The highest BCUT2D eigenvalue weighted by molar-refractivity contribution is 7.09. The van der Waals surface area contributed by atoms with E-state index in [0.29, 0.717) is 29.5 Å². The predicted octanol–water partition coefficient (Wildman–Crippen LogP) is 2.77. The Morgan fingerprint density at radius 1 is 1.33 bits per heavy atom. The summed E-state index contributed by atoms with van der Waals surface area (Å²) < 4.78 is 45.0. The van der Waals surface area contributed by atoms with Crippen LogP contribution in [0.4, 0.5) is 18.3 Å². The standard InChI is InChI=1S/C9H9F3N4OS/c1-4-6(5(2)17-15-4)3-13-8-14-7(16-18-8)9(10,11)12/h3H2,1-2H3,(H,13,14,16). The highest BCUT2D eigenvalue weighted by Gasteiger charge is 2.36. The van der Waals surface area contributed by atoms with Gasteiger partial charge in [-0.3, -0.25) is 0 Å². The highest BCUT2D eigenvalue weighted by Crippen LogP contribution is 2.29. The number of nitrogens with zero attached hydrogens (tertiary/aromatic N) is 3. The van der Waals surface area contributed by atoms with Crippen LogP contribution >= 0.6 is 11.5 Å². The summed E-state index contributed by atoms with van der Waals surface area (Å²) in [5.74, 6) is -0.505. The molecule has 5 nitrogen and oxygen atoms in total. The summed E-state index contributed by atoms with van der Waals surface area (Å²) >= 11 is 0.667. The number of aromatic nitrogens is 3. The van der Waals surface area contributed by atoms with E-state index in [-0.39, 0.29) is 5.13 Å². The molecule has 2 rings (SSSR count). The van der Waals surface area contributed by atoms with Crippen LogP contribution in [-0.4, -0.2) is 14.5 Å². The molecule has 1 N–H and O–H groups in total. The van der Waals surface area contributed by atoms with Gasteiger partial charge in [0.25, 0.3) is 0 Å². The third kappa shape index (κ3) is 2.61. The van der Waals surface area contributed by atoms with E-state index in [4.69, 9.17) is 4.52 Å². The van der Waals surface area contributed by atoms with Crippen LogP contribution < -0.4 is 5.32 Å². The van der Waals surface area contributed by atoms with Gasteiger partial charge in [-0.05, 0) is 13.8 Å². The lowest BCUT2D eigenvalue weighted by Gasteiger charge is -2.01. The lowest BCUT2D eigenvalue weighted by Crippen LogP contribution is -2.08. The van der Waals surface area contributed by atoms with Crippen LogP contribution in [0.3, 0.4) is 0 Å². The summed E-state index contributed by atoms with van der Waals surface area (Å²) in [5, 5.41) is 6.62. The molecule has 0 spiro atoms. The maximum Gasteiger partial charge on any atom is 0.452 e. The molecule has 0 amide bonds. The number of aryl methyl sites for hydroxylation is 2. The molecule has 0 aromatic carbocycles. The van der Waals surface area contributed by atoms with Crippen molar-refractivity contribution in [2.24, 2.45) is 0 Å². The summed E-state index contributed by atoms with van der Waals surface area (Å²) in [7, 11) is 0. The molecular weight excluding hydrogens is 269 g/mol. The summed E-state index contributed by atoms with van der Waals surface area (Å²) in [4.78, 5) is 3.36. The van der Waals surface area contributed by atoms with Gasteiger partial charge in [0.1, 0.15) is 5.76 Å². The molecule has 98 valence electrons. The first-order valence-electron chi connectivity index (χ1n) is 4.94. The quantitative estimate of drug-likeness (QED) is 0.935. The maximum absolute atomic E-state index is 12.3. The van der Waals surface area contributed by atoms with Crippen molar-refractivity contribution in [1.29, 1.82) is 0 Å². The Balaban J connectivity index is 2.05. The second kappa shape index (κ2) is 4.56. The smallest absolute Gasteiger partial charge is 0.361 e. The van der Waals surface area contributed by atoms with Crippen LogP contribution in [-0.2, 0) is 12.7 Å². The molecule has 0 aliphatic carbocycles. The molecule has 0 atom stereocenters. The first kappa shape index (κ1) is 12.8. The Hall–Kier alpha value is -1.64. The van der Waals surface area contributed by atoms with Crippen LogP contribution in [0, 0.1) is 13.8 Å². The van der Waals surface area contributed by atoms with E-state index in [1.807, 2.05) is 0 Å². The number of nitrogens with one attached hydrogen (secondary N) is 1. The van der Waals surface area contributed by atoms with Crippen molar-refractivity contribution in [2.75, 3.05) is 5.32 Å². The normalized spacial score (nSPS) is 11.8. The average Bonchev–Trinajstić information content (AvgIpc) is 2.84. The zero-order chi connectivity index (χ0) is 13.3. The topological polar surface area (TPSA) is 63.8 Å². The SMILES string of the molecule is Cc1noc(C)c1CNc1nc(C(F)(F)F)ns1. The number of alkyl halides is 3. The Labute approximate surface area is 104 Å². The van der Waals surface area contributed by atoms with Gasteiger partial charge < -0.3 is 9.84 Å². The monoisotopic (exact) mass is 278 g/mol. The van der Waals surface area contributed by atoms with E-state index in [9.17, 15) is 13.2 Å². The van der Waals surface area contributed by atoms with Crippen LogP contribution in [0.1, 0.15) is 22.8 Å². The van der Waals surface area contributed by atoms with Crippen molar-refractivity contribution in [1.82, 2.24) is 14.5 Å². The van der Waals surface area contributed by atoms with Gasteiger partial charge in [0, 0.05) is 23.6 Å². The van der Waals surface area contributed by atoms with Crippen molar-refractivity contribution >= 4 is 16.7 Å². The van der Waals surface area contributed by atoms with E-state index < -0.39 is 12.0 Å². The van der Waals surface area contributed by atoms with Crippen molar-refractivity contribution in [3.63, 3.8) is 0 Å². The van der Waals surface area contributed by atoms with Gasteiger partial charge in [0.2, 0.25) is 11.0 Å². The van der Waals surface area contributed by atoms with E-state index in [1.54, 1.807) is 13.8 Å². The van der Waals surface area contributed by atoms with Crippen molar-refractivity contribution in [3.05, 3.63) is 22.8 Å². The molecular formula is C9H9F3N4OS. The summed E-state index contributed by atoms with van der Waals surface area (Å²) in [5.41, 5.74) is 1.50. The number of hydrogen-bond donors (Lipinski definition) is 1. The highest BCUT2D eigenvalue weighted by atomic mass is 32.1. The molecule has 0 bridgehead atoms. The second-order valence-corrected chi connectivity index (χ2v) is 4.33. The molecule has 0 unspecified atom stereocenters. The van der Waals surface area contributed by atoms with Gasteiger partial charge in [-0.25, -0.2) is 0 Å². The molecule has 0 aliphatic heterocycles. The molecule has 0 saturated heterocycles. The van der Waals surface area contributed by atoms with Gasteiger partial charge in [-0.1, -0.05) is 5.16 Å². The minimum Gasteiger partial charge on any atom is -0.361 e. The fourth-order valence-corrected chi connectivity index (χ4v) is 1.91. The summed E-state index contributed by atoms with van der Waals surface area (Å²) in [6.07, 6.45) is -4.51. The van der Waals surface area contributed by atoms with Gasteiger partial charge in [-0.15, -0.1) is 0 Å². The predicted molar refractivity (Wildman–Crippen MR) is 58.2 cm³/mol. The van der Waals surface area contributed by atoms with Gasteiger partial charge in [0.05, 0.1) is 5.69 Å². The Bertz CT molecular complexity index is 529. The fourth-order valence-electron chi connectivity index (χ4n) is 1.33. The number of rotatable bonds is 3. The Morgan fingerprint density at radius 3 is 2.56 bits per heavy atom. The molecule has 0 fully saturated rings. The zero-order valence-electron chi connectivity index (χ0n) is 9.50. The van der Waals surface area contributed by atoms with Crippen LogP contribution in [0.5, 0.6) is 0 Å². The second-order valence-electron chi connectivity index (χ2n) is 3.58. The molecule has 9 heteroatoms. The molecule has 0 aliphatic rings. The van der Waals surface area contributed by atoms with Crippen molar-refractivity contribution < 1.29 is 17.7 Å². The van der Waals surface area contributed by atoms with E-state index >= 15 is 0 Å². The van der Waals surface area contributed by atoms with Gasteiger partial charge >= 0.3 is 6.18 Å². The Kier molecular flexibility index (Phi) is 3.24. The lowest BCUT2D eigenvalue weighted by molar-refractivity contribution is -0.144. The van der Waals surface area contributed by atoms with Crippen LogP contribution in [0.25, 0.3) is 0 Å². The molecule has 18 heavy (non-hydrogen) atoms. The third-order valence-corrected chi connectivity index (χ3v) is 2.95. The molecule has 0 radical (unpaired) electrons. The van der Waals surface area contributed by atoms with Crippen molar-refractivity contribution in [3.8, 4) is 0 Å². The van der Waals surface area contributed by atoms with Crippen molar-refractivity contribution in [2.45, 2.75) is 26.6 Å². The first-order chi connectivity index (χ1) is 8.38. The van der Waals surface area contributed by atoms with Gasteiger partial charge in [0.15, 0.2) is 0 Å². The largest absolute Gasteiger partial charge is 0.452 e. The Morgan fingerprint density at radius 2 is 2.06 bits per heavy atom. The molecule has 2 heterocycles. The molecule has 2 aromatic heterocycles. The fraction of sp³-hybridized carbons (Fsp3) is 0.444. The first-order valence-corrected chi connectivity index (χ1v) is 5.72. The summed E-state index contributed by atoms with van der Waals surface area (Å²) in [6, 6.07) is 0.